The van der Waals surface area contributed by atoms with Crippen molar-refractivity contribution in [2.45, 2.75) is 12.1 Å². The van der Waals surface area contributed by atoms with Crippen molar-refractivity contribution >= 4 is 23.9 Å². The summed E-state index contributed by atoms with van der Waals surface area (Å²) in [5.41, 5.74) is 0. The Balaban J connectivity index is -0.000000427. The van der Waals surface area contributed by atoms with E-state index in [2.05, 4.69) is 0 Å². The van der Waals surface area contributed by atoms with Gasteiger partial charge in [-0.1, -0.05) is 0 Å². The summed E-state index contributed by atoms with van der Waals surface area (Å²) in [6, 6.07) is -3.93. The molecular formula is C18H26BrN2Na5O12. The minimum absolute atomic E-state index is 0. The summed E-state index contributed by atoms with van der Waals surface area (Å²) in [6.07, 6.45) is 0. The number of halogens is 1. The minimum atomic E-state index is -1.97. The third-order valence-corrected chi connectivity index (χ3v) is 4.46. The van der Waals surface area contributed by atoms with Crippen molar-refractivity contribution < 1.29 is 223 Å². The molecule has 0 saturated carbocycles. The Bertz CT molecular complexity index is 545. The number of rotatable bonds is 6. The number of carboxylic acid groups (broad SMARTS) is 4. The first-order valence-corrected chi connectivity index (χ1v) is 9.88. The van der Waals surface area contributed by atoms with Crippen molar-refractivity contribution in [1.29, 1.82) is 0 Å². The molecule has 0 atom stereocenters. The van der Waals surface area contributed by atoms with Crippen LogP contribution in [-0.2, 0) is 38.1 Å². The molecule has 0 aromatic carbocycles. The Hall–Kier alpha value is 3.12. The fourth-order valence-electron chi connectivity index (χ4n) is 2.90. The fraction of sp³-hybridized carbons (Fsp3) is 0.778. The molecule has 0 aliphatic carbocycles. The van der Waals surface area contributed by atoms with Gasteiger partial charge in [0.2, 0.25) is 0 Å². The Morgan fingerprint density at radius 3 is 0.789 bits per heavy atom. The van der Waals surface area contributed by atoms with Gasteiger partial charge in [0.05, 0.1) is 88.8 Å². The molecule has 0 aromatic rings. The van der Waals surface area contributed by atoms with Crippen molar-refractivity contribution in [3.8, 4) is 0 Å². The van der Waals surface area contributed by atoms with Crippen molar-refractivity contribution in [2.75, 3.05) is 79.0 Å². The van der Waals surface area contributed by atoms with Gasteiger partial charge in [0, 0.05) is 26.2 Å². The minimum Gasteiger partial charge on any atom is -1.00 e. The summed E-state index contributed by atoms with van der Waals surface area (Å²) >= 11 is 0. The third kappa shape index (κ3) is 23.6. The molecule has 192 valence electrons. The average Bonchev–Trinajstić information content (AvgIpc) is 2.69. The molecule has 1 saturated heterocycles. The second-order valence-electron chi connectivity index (χ2n) is 6.60. The zero-order chi connectivity index (χ0) is 23.9. The van der Waals surface area contributed by atoms with Gasteiger partial charge in [-0.15, -0.1) is 0 Å². The summed E-state index contributed by atoms with van der Waals surface area (Å²) in [5.74, 6) is -7.24. The summed E-state index contributed by atoms with van der Waals surface area (Å²) < 4.78 is 21.2. The third-order valence-electron chi connectivity index (χ3n) is 4.46. The maximum atomic E-state index is 11.1. The largest absolute Gasteiger partial charge is 1.00 e. The number of carbonyl (C=O) groups excluding carboxylic acids is 4. The number of carbonyl (C=O) groups is 4. The SMILES string of the molecule is O=C([O-])C(C(=O)[O-])N1CCOCCOCCN(C(C(=O)[O-])C(=O)[O-])CCOCCOCC1.[Br-].[Na+].[Na+].[Na+].[Na+].[Na+]. The maximum Gasteiger partial charge on any atom is 1.00 e. The van der Waals surface area contributed by atoms with Crippen molar-refractivity contribution in [3.63, 3.8) is 0 Å². The molecule has 0 aromatic heterocycles. The predicted octanol–water partition coefficient (Wildman–Crippen LogP) is -25.6. The number of nitrogens with zero attached hydrogens (tertiary/aromatic N) is 2. The molecule has 0 spiro atoms. The summed E-state index contributed by atoms with van der Waals surface area (Å²) in [4.78, 5) is 46.8. The second-order valence-corrected chi connectivity index (χ2v) is 6.60. The fourth-order valence-corrected chi connectivity index (χ4v) is 2.90. The van der Waals surface area contributed by atoms with E-state index in [-0.39, 0.29) is 244 Å². The van der Waals surface area contributed by atoms with E-state index >= 15 is 0 Å². The van der Waals surface area contributed by atoms with E-state index in [1.807, 2.05) is 0 Å². The van der Waals surface area contributed by atoms with Gasteiger partial charge in [-0.05, 0) is 0 Å². The first-order chi connectivity index (χ1) is 15.3. The molecule has 1 rings (SSSR count). The zero-order valence-corrected chi connectivity index (χ0v) is 34.4. The smallest absolute Gasteiger partial charge is 1.00 e. The monoisotopic (exact) mass is 656 g/mol. The molecule has 1 heterocycles. The molecule has 0 amide bonds. The first-order valence-electron chi connectivity index (χ1n) is 9.88. The number of hydrogen-bond acceptors (Lipinski definition) is 14. The molecule has 0 bridgehead atoms. The molecule has 0 unspecified atom stereocenters. The molecule has 0 N–H and O–H groups in total. The first kappa shape index (κ1) is 53.7. The van der Waals surface area contributed by atoms with Gasteiger partial charge >= 0.3 is 148 Å². The van der Waals surface area contributed by atoms with Crippen LogP contribution in [0.4, 0.5) is 0 Å². The topological polar surface area (TPSA) is 204 Å². The average molecular weight is 657 g/mol. The summed E-state index contributed by atoms with van der Waals surface area (Å²) in [7, 11) is 0. The Kier molecular flexibility index (Phi) is 46.6. The standard InChI is InChI=1S/C18H30N2O12.BrH.5Na/c21-15(22)13(16(23)24)19-1-5-29-9-10-31-7-3-20(14(17(25)26)18(27)28)4-8-32-12-11-30-6-2-19;;;;;;/h13-14H,1-12H2,(H,21,22)(H,23,24)(H,25,26)(H,27,28);1H;;;;;/q;;5*+1/p-5. The van der Waals surface area contributed by atoms with E-state index in [1.165, 1.54) is 0 Å². The van der Waals surface area contributed by atoms with Crippen LogP contribution < -0.4 is 185 Å². The zero-order valence-electron chi connectivity index (χ0n) is 22.8. The number of hydrogen-bond donors (Lipinski definition) is 0. The molecular weight excluding hydrogens is 631 g/mol. The molecule has 20 heteroatoms. The van der Waals surface area contributed by atoms with Crippen LogP contribution in [0.5, 0.6) is 0 Å². The Morgan fingerprint density at radius 2 is 0.632 bits per heavy atom. The van der Waals surface area contributed by atoms with E-state index in [0.29, 0.717) is 0 Å². The van der Waals surface area contributed by atoms with Gasteiger partial charge in [0.15, 0.2) is 0 Å². The Morgan fingerprint density at radius 1 is 0.447 bits per heavy atom. The van der Waals surface area contributed by atoms with E-state index in [9.17, 15) is 39.6 Å². The molecule has 38 heavy (non-hydrogen) atoms. The predicted molar refractivity (Wildman–Crippen MR) is 94.0 cm³/mol. The van der Waals surface area contributed by atoms with E-state index < -0.39 is 36.0 Å². The van der Waals surface area contributed by atoms with Crippen LogP contribution in [0.15, 0.2) is 0 Å². The van der Waals surface area contributed by atoms with Crippen LogP contribution >= 0.6 is 0 Å². The molecule has 1 aliphatic rings. The Labute approximate surface area is 342 Å². The van der Waals surface area contributed by atoms with Crippen LogP contribution in [-0.4, -0.2) is 125 Å². The van der Waals surface area contributed by atoms with E-state index in [4.69, 9.17) is 18.9 Å². The molecule has 1 aliphatic heterocycles. The van der Waals surface area contributed by atoms with Gasteiger partial charge in [-0.3, -0.25) is 9.80 Å². The van der Waals surface area contributed by atoms with Crippen molar-refractivity contribution in [3.05, 3.63) is 0 Å². The normalized spacial score (nSPS) is 16.7. The second kappa shape index (κ2) is 33.0. The maximum absolute atomic E-state index is 11.1. The quantitative estimate of drug-likeness (QED) is 0.192. The number of carboxylic acids is 4. The van der Waals surface area contributed by atoms with Gasteiger partial charge < -0.3 is 75.5 Å². The van der Waals surface area contributed by atoms with Gasteiger partial charge in [0.1, 0.15) is 0 Å². The van der Waals surface area contributed by atoms with Gasteiger partial charge in [-0.2, -0.15) is 0 Å². The summed E-state index contributed by atoms with van der Waals surface area (Å²) in [6.45, 7) is -0.0340. The molecule has 1 fully saturated rings. The van der Waals surface area contributed by atoms with Crippen LogP contribution in [0, 0.1) is 0 Å². The van der Waals surface area contributed by atoms with E-state index in [0.717, 1.165) is 9.80 Å². The van der Waals surface area contributed by atoms with Crippen LogP contribution in [0.1, 0.15) is 0 Å². The van der Waals surface area contributed by atoms with Crippen molar-refractivity contribution in [1.82, 2.24) is 9.80 Å². The van der Waals surface area contributed by atoms with Crippen LogP contribution in [0.25, 0.3) is 0 Å². The molecule has 0 radical (unpaired) electrons. The van der Waals surface area contributed by atoms with Crippen LogP contribution in [0.3, 0.4) is 0 Å². The summed E-state index contributed by atoms with van der Waals surface area (Å²) in [5, 5.41) is 44.6. The number of aliphatic carboxylic acids is 4. The van der Waals surface area contributed by atoms with Crippen LogP contribution in [0.2, 0.25) is 0 Å². The molecule has 14 nitrogen and oxygen atoms in total. The van der Waals surface area contributed by atoms with Gasteiger partial charge in [-0.25, -0.2) is 0 Å². The van der Waals surface area contributed by atoms with Crippen molar-refractivity contribution in [2.24, 2.45) is 0 Å². The number of ether oxygens (including phenoxy) is 4. The van der Waals surface area contributed by atoms with Gasteiger partial charge in [0.25, 0.3) is 0 Å². The van der Waals surface area contributed by atoms with E-state index in [1.54, 1.807) is 0 Å².